The summed E-state index contributed by atoms with van der Waals surface area (Å²) in [5, 5.41) is 10.1. The van der Waals surface area contributed by atoms with E-state index in [9.17, 15) is 0 Å². The molecule has 0 bridgehead atoms. The van der Waals surface area contributed by atoms with Gasteiger partial charge in [-0.3, -0.25) is 0 Å². The van der Waals surface area contributed by atoms with Crippen molar-refractivity contribution in [3.63, 3.8) is 0 Å². The Labute approximate surface area is 129 Å². The molecule has 0 saturated heterocycles. The zero-order valence-corrected chi connectivity index (χ0v) is 13.1. The minimum absolute atomic E-state index is 0.440. The van der Waals surface area contributed by atoms with Gasteiger partial charge in [0.25, 0.3) is 0 Å². The Bertz CT molecular complexity index is 607. The molecule has 0 radical (unpaired) electrons. The summed E-state index contributed by atoms with van der Waals surface area (Å²) in [5.41, 5.74) is 1.10. The third-order valence-corrected chi connectivity index (χ3v) is 2.90. The van der Waals surface area contributed by atoms with Crippen LogP contribution in [-0.4, -0.2) is 29.8 Å². The number of nitrogens with zero attached hydrogens (tertiary/aromatic N) is 3. The Kier molecular flexibility index (Phi) is 5.76. The Morgan fingerprint density at radius 2 is 2.05 bits per heavy atom. The largest absolute Gasteiger partial charge is 0.497 e. The van der Waals surface area contributed by atoms with Crippen molar-refractivity contribution < 1.29 is 9.26 Å². The molecule has 0 aliphatic rings. The van der Waals surface area contributed by atoms with E-state index in [1.165, 1.54) is 0 Å². The number of guanidine groups is 1. The maximum atomic E-state index is 5.14. The highest BCUT2D eigenvalue weighted by Gasteiger charge is 2.04. The standard InChI is InChI=1S/C15H21N5O2/c1-4-16-15(18-10-14-19-11(2)20-22-14)17-9-12-5-7-13(21-3)8-6-12/h5-8H,4,9-10H2,1-3H3,(H2,16,17,18). The van der Waals surface area contributed by atoms with E-state index in [0.717, 1.165) is 17.9 Å². The summed E-state index contributed by atoms with van der Waals surface area (Å²) in [5.74, 6) is 2.70. The van der Waals surface area contributed by atoms with Crippen LogP contribution >= 0.6 is 0 Å². The van der Waals surface area contributed by atoms with Gasteiger partial charge in [-0.2, -0.15) is 4.98 Å². The van der Waals surface area contributed by atoms with Gasteiger partial charge in [0.05, 0.1) is 20.2 Å². The number of aliphatic imine (C=N–C) groups is 1. The van der Waals surface area contributed by atoms with Crippen molar-refractivity contribution in [1.29, 1.82) is 0 Å². The lowest BCUT2D eigenvalue weighted by molar-refractivity contribution is 0.371. The average Bonchev–Trinajstić information content (AvgIpc) is 2.96. The van der Waals surface area contributed by atoms with Gasteiger partial charge in [0.15, 0.2) is 11.8 Å². The Balaban J connectivity index is 1.93. The van der Waals surface area contributed by atoms with E-state index in [2.05, 4.69) is 25.8 Å². The molecule has 7 heteroatoms. The number of benzene rings is 1. The molecule has 0 saturated carbocycles. The van der Waals surface area contributed by atoms with Crippen LogP contribution in [-0.2, 0) is 13.1 Å². The zero-order chi connectivity index (χ0) is 15.8. The van der Waals surface area contributed by atoms with E-state index in [4.69, 9.17) is 9.26 Å². The summed E-state index contributed by atoms with van der Waals surface area (Å²) in [7, 11) is 1.65. The van der Waals surface area contributed by atoms with Crippen LogP contribution in [0.3, 0.4) is 0 Å². The molecule has 0 aliphatic carbocycles. The van der Waals surface area contributed by atoms with Gasteiger partial charge in [0.1, 0.15) is 5.75 Å². The first-order valence-corrected chi connectivity index (χ1v) is 7.15. The van der Waals surface area contributed by atoms with Gasteiger partial charge in [-0.15, -0.1) is 0 Å². The molecule has 2 rings (SSSR count). The summed E-state index contributed by atoms with van der Waals surface area (Å²) in [4.78, 5) is 8.67. The molecule has 0 atom stereocenters. The van der Waals surface area contributed by atoms with Crippen molar-refractivity contribution in [2.75, 3.05) is 13.7 Å². The molecule has 2 N–H and O–H groups in total. The summed E-state index contributed by atoms with van der Waals surface area (Å²) >= 11 is 0. The molecule has 0 aliphatic heterocycles. The normalized spacial score (nSPS) is 11.3. The Hall–Kier alpha value is -2.57. The lowest BCUT2D eigenvalue weighted by Gasteiger charge is -2.09. The van der Waals surface area contributed by atoms with Crippen molar-refractivity contribution in [3.05, 3.63) is 41.5 Å². The highest BCUT2D eigenvalue weighted by molar-refractivity contribution is 5.79. The van der Waals surface area contributed by atoms with E-state index in [0.29, 0.717) is 30.8 Å². The smallest absolute Gasteiger partial charge is 0.246 e. The number of hydrogen-bond donors (Lipinski definition) is 2. The first kappa shape index (κ1) is 15.8. The minimum atomic E-state index is 0.440. The van der Waals surface area contributed by atoms with Gasteiger partial charge in [-0.25, -0.2) is 4.99 Å². The number of rotatable bonds is 6. The molecular formula is C15H21N5O2. The Morgan fingerprint density at radius 3 is 2.64 bits per heavy atom. The number of methoxy groups -OCH3 is 1. The maximum absolute atomic E-state index is 5.14. The van der Waals surface area contributed by atoms with E-state index < -0.39 is 0 Å². The van der Waals surface area contributed by atoms with Crippen molar-refractivity contribution in [3.8, 4) is 5.75 Å². The predicted molar refractivity (Wildman–Crippen MR) is 83.7 cm³/mol. The third kappa shape index (κ3) is 4.76. The molecule has 22 heavy (non-hydrogen) atoms. The zero-order valence-electron chi connectivity index (χ0n) is 13.1. The topological polar surface area (TPSA) is 84.6 Å². The van der Waals surface area contributed by atoms with Crippen LogP contribution in [0.5, 0.6) is 5.75 Å². The van der Waals surface area contributed by atoms with Crippen molar-refractivity contribution in [2.24, 2.45) is 4.99 Å². The van der Waals surface area contributed by atoms with Crippen LogP contribution in [0.1, 0.15) is 24.2 Å². The van der Waals surface area contributed by atoms with Crippen molar-refractivity contribution in [2.45, 2.75) is 26.9 Å². The molecule has 1 heterocycles. The molecule has 118 valence electrons. The summed E-state index contributed by atoms with van der Waals surface area (Å²) < 4.78 is 10.2. The van der Waals surface area contributed by atoms with E-state index in [1.54, 1.807) is 14.0 Å². The highest BCUT2D eigenvalue weighted by Crippen LogP contribution is 2.11. The van der Waals surface area contributed by atoms with Crippen LogP contribution in [0.4, 0.5) is 0 Å². The predicted octanol–water partition coefficient (Wildman–Crippen LogP) is 1.64. The second-order valence-corrected chi connectivity index (χ2v) is 4.63. The quantitative estimate of drug-likeness (QED) is 0.623. The fraction of sp³-hybridized carbons (Fsp3) is 0.400. The molecule has 7 nitrogen and oxygen atoms in total. The molecule has 0 spiro atoms. The molecule has 0 unspecified atom stereocenters. The number of ether oxygens (including phenoxy) is 1. The maximum Gasteiger partial charge on any atom is 0.246 e. The van der Waals surface area contributed by atoms with Crippen LogP contribution in [0.2, 0.25) is 0 Å². The monoisotopic (exact) mass is 303 g/mol. The van der Waals surface area contributed by atoms with Crippen molar-refractivity contribution >= 4 is 5.96 Å². The number of nitrogens with one attached hydrogen (secondary N) is 2. The molecule has 0 amide bonds. The summed E-state index contributed by atoms with van der Waals surface area (Å²) in [6.07, 6.45) is 0. The first-order chi connectivity index (χ1) is 10.7. The van der Waals surface area contributed by atoms with Gasteiger partial charge >= 0.3 is 0 Å². The molecule has 2 aromatic rings. The number of hydrogen-bond acceptors (Lipinski definition) is 5. The van der Waals surface area contributed by atoms with Gasteiger partial charge in [-0.05, 0) is 31.5 Å². The van der Waals surface area contributed by atoms with E-state index in [1.807, 2.05) is 31.2 Å². The molecule has 1 aromatic carbocycles. The van der Waals surface area contributed by atoms with Gasteiger partial charge in [0.2, 0.25) is 5.89 Å². The third-order valence-electron chi connectivity index (χ3n) is 2.90. The van der Waals surface area contributed by atoms with Crippen LogP contribution in [0, 0.1) is 6.92 Å². The Morgan fingerprint density at radius 1 is 1.27 bits per heavy atom. The van der Waals surface area contributed by atoms with E-state index >= 15 is 0 Å². The van der Waals surface area contributed by atoms with Crippen LogP contribution < -0.4 is 15.4 Å². The lowest BCUT2D eigenvalue weighted by Crippen LogP contribution is -2.36. The second-order valence-electron chi connectivity index (χ2n) is 4.63. The SMILES string of the molecule is CCNC(=NCc1ccc(OC)cc1)NCc1nc(C)no1. The van der Waals surface area contributed by atoms with Crippen molar-refractivity contribution in [1.82, 2.24) is 20.8 Å². The fourth-order valence-corrected chi connectivity index (χ4v) is 1.81. The van der Waals surface area contributed by atoms with Gasteiger partial charge in [0, 0.05) is 6.54 Å². The highest BCUT2D eigenvalue weighted by atomic mass is 16.5. The first-order valence-electron chi connectivity index (χ1n) is 7.15. The molecule has 0 fully saturated rings. The van der Waals surface area contributed by atoms with Crippen LogP contribution in [0.25, 0.3) is 0 Å². The van der Waals surface area contributed by atoms with Gasteiger partial charge < -0.3 is 19.9 Å². The summed E-state index contributed by atoms with van der Waals surface area (Å²) in [6.45, 7) is 5.59. The lowest BCUT2D eigenvalue weighted by atomic mass is 10.2. The molecule has 1 aromatic heterocycles. The fourth-order valence-electron chi connectivity index (χ4n) is 1.81. The number of aryl methyl sites for hydroxylation is 1. The van der Waals surface area contributed by atoms with E-state index in [-0.39, 0.29) is 0 Å². The number of aromatic nitrogens is 2. The summed E-state index contributed by atoms with van der Waals surface area (Å²) in [6, 6.07) is 7.83. The minimum Gasteiger partial charge on any atom is -0.497 e. The van der Waals surface area contributed by atoms with Gasteiger partial charge in [-0.1, -0.05) is 17.3 Å². The molecular weight excluding hydrogens is 282 g/mol. The van der Waals surface area contributed by atoms with Crippen LogP contribution in [0.15, 0.2) is 33.8 Å². The second kappa shape index (κ2) is 8.02. The average molecular weight is 303 g/mol.